The molecule has 15 nitrogen and oxygen atoms in total. The highest BCUT2D eigenvalue weighted by Gasteiger charge is 2.53. The van der Waals surface area contributed by atoms with E-state index in [2.05, 4.69) is 119 Å². The van der Waals surface area contributed by atoms with E-state index in [0.29, 0.717) is 58.2 Å². The lowest BCUT2D eigenvalue weighted by Gasteiger charge is -2.56. The van der Waals surface area contributed by atoms with E-state index in [1.807, 2.05) is 14.7 Å². The summed E-state index contributed by atoms with van der Waals surface area (Å²) in [6, 6.07) is -0.518. The summed E-state index contributed by atoms with van der Waals surface area (Å²) in [5.74, 6) is -1.50. The predicted molar refractivity (Wildman–Crippen MR) is 311 cm³/mol. The second-order valence-electron chi connectivity index (χ2n) is 28.9. The molecule has 0 bridgehead atoms. The molecule has 0 N–H and O–H groups in total. The molecule has 0 atom stereocenters. The van der Waals surface area contributed by atoms with Gasteiger partial charge in [0, 0.05) is 71.0 Å². The van der Waals surface area contributed by atoms with Crippen molar-refractivity contribution in [2.75, 3.05) is 19.6 Å². The monoisotopic (exact) mass is 1090 g/mol. The number of rotatable bonds is 21. The molecule has 1 aromatic heterocycles. The molecule has 78 heavy (non-hydrogen) atoms. The van der Waals surface area contributed by atoms with Crippen LogP contribution in [0, 0.1) is 0 Å². The second kappa shape index (κ2) is 26.2. The van der Waals surface area contributed by atoms with Gasteiger partial charge in [-0.25, -0.2) is 0 Å². The molecule has 6 aliphatic rings. The van der Waals surface area contributed by atoms with Gasteiger partial charge in [0.25, 0.3) is 17.7 Å². The minimum atomic E-state index is -0.396. The van der Waals surface area contributed by atoms with Crippen LogP contribution in [0.5, 0.6) is 0 Å². The van der Waals surface area contributed by atoms with Crippen molar-refractivity contribution >= 4 is 17.7 Å². The molecule has 1 aromatic rings. The number of carbonyl (C=O) groups is 3. The molecular weight excluding hydrogens is 979 g/mol. The SMILES string of the molecule is CCCCN(C(=O)c1nc(C(=O)N(CCCC)C2CC(C)(C)N(OC3CCCCC3)C(C)(C)C2)nc(C(=O)N(CCCC)C2CC(C)(C)N(OC3CCCCC3)C(C)(C)C2)n1)C1CC(C)(C)N(OC2CCCCC2)C(C)(C)C1. The van der Waals surface area contributed by atoms with E-state index in [9.17, 15) is 0 Å². The average Bonchev–Trinajstić information content (AvgIpc) is 3.52. The van der Waals surface area contributed by atoms with Crippen LogP contribution in [-0.4, -0.2) is 152 Å². The molecule has 0 unspecified atom stereocenters. The van der Waals surface area contributed by atoms with Gasteiger partial charge in [-0.15, -0.1) is 0 Å². The number of unbranched alkanes of at least 4 members (excludes halogenated alkanes) is 3. The second-order valence-corrected chi connectivity index (χ2v) is 28.9. The topological polar surface area (TPSA) is 137 Å². The van der Waals surface area contributed by atoms with Gasteiger partial charge >= 0.3 is 0 Å². The average molecular weight is 1090 g/mol. The summed E-state index contributed by atoms with van der Waals surface area (Å²) < 4.78 is 0. The van der Waals surface area contributed by atoms with Crippen LogP contribution in [0.3, 0.4) is 0 Å². The molecule has 0 spiro atoms. The zero-order valence-corrected chi connectivity index (χ0v) is 52.2. The van der Waals surface area contributed by atoms with Crippen LogP contribution in [0.4, 0.5) is 0 Å². The molecule has 15 heteroatoms. The highest BCUT2D eigenvalue weighted by Crippen LogP contribution is 2.46. The van der Waals surface area contributed by atoms with Gasteiger partial charge in [-0.1, -0.05) is 97.8 Å². The summed E-state index contributed by atoms with van der Waals surface area (Å²) in [7, 11) is 0. The summed E-state index contributed by atoms with van der Waals surface area (Å²) in [4.78, 5) is 88.9. The summed E-state index contributed by atoms with van der Waals surface area (Å²) in [5.41, 5.74) is -2.38. The van der Waals surface area contributed by atoms with E-state index in [-0.39, 0.29) is 71.6 Å². The van der Waals surface area contributed by atoms with Gasteiger partial charge in [0.1, 0.15) is 0 Å². The van der Waals surface area contributed by atoms with E-state index in [1.165, 1.54) is 57.8 Å². The molecule has 3 saturated heterocycles. The molecule has 3 amide bonds. The van der Waals surface area contributed by atoms with Crippen LogP contribution in [-0.2, 0) is 14.5 Å². The molecule has 3 aliphatic carbocycles. The van der Waals surface area contributed by atoms with Crippen molar-refractivity contribution in [3.05, 3.63) is 17.5 Å². The Morgan fingerprint density at radius 2 is 0.590 bits per heavy atom. The van der Waals surface area contributed by atoms with Crippen LogP contribution in [0.25, 0.3) is 0 Å². The largest absolute Gasteiger partial charge is 0.333 e. The molecule has 7 rings (SSSR count). The number of nitrogens with zero attached hydrogens (tertiary/aromatic N) is 9. The molecule has 4 heterocycles. The Bertz CT molecular complexity index is 1830. The maximum Gasteiger partial charge on any atom is 0.292 e. The minimum Gasteiger partial charge on any atom is -0.333 e. The number of carbonyl (C=O) groups excluding carboxylic acids is 3. The van der Waals surface area contributed by atoms with Crippen LogP contribution >= 0.6 is 0 Å². The minimum absolute atomic E-state index is 0.136. The van der Waals surface area contributed by atoms with E-state index >= 15 is 14.4 Å². The van der Waals surface area contributed by atoms with E-state index in [0.717, 1.165) is 77.0 Å². The van der Waals surface area contributed by atoms with Crippen molar-refractivity contribution in [2.24, 2.45) is 0 Å². The number of piperidine rings is 3. The first kappa shape index (κ1) is 62.8. The van der Waals surface area contributed by atoms with Crippen molar-refractivity contribution in [1.29, 1.82) is 0 Å². The van der Waals surface area contributed by atoms with Crippen molar-refractivity contribution < 1.29 is 28.9 Å². The number of aromatic nitrogens is 3. The highest BCUT2D eigenvalue weighted by atomic mass is 16.7. The van der Waals surface area contributed by atoms with Gasteiger partial charge in [-0.05, 0) is 179 Å². The Kier molecular flexibility index (Phi) is 21.1. The van der Waals surface area contributed by atoms with E-state index < -0.39 is 33.2 Å². The van der Waals surface area contributed by atoms with Gasteiger partial charge < -0.3 is 14.7 Å². The van der Waals surface area contributed by atoms with Gasteiger partial charge in [0.05, 0.1) is 18.3 Å². The fraction of sp³-hybridized carbons (Fsp3) is 0.905. The van der Waals surface area contributed by atoms with Crippen LogP contribution in [0.2, 0.25) is 0 Å². The van der Waals surface area contributed by atoms with Crippen molar-refractivity contribution in [2.45, 2.75) is 347 Å². The first-order chi connectivity index (χ1) is 36.7. The lowest BCUT2D eigenvalue weighted by molar-refractivity contribution is -0.313. The van der Waals surface area contributed by atoms with Gasteiger partial charge in [0.15, 0.2) is 0 Å². The lowest BCUT2D eigenvalue weighted by Crippen LogP contribution is -2.65. The normalized spacial score (nSPS) is 25.0. The zero-order chi connectivity index (χ0) is 56.8. The van der Waals surface area contributed by atoms with Gasteiger partial charge in [-0.3, -0.25) is 28.9 Å². The third-order valence-electron chi connectivity index (χ3n) is 18.7. The summed E-state index contributed by atoms with van der Waals surface area (Å²) >= 11 is 0. The smallest absolute Gasteiger partial charge is 0.292 e. The van der Waals surface area contributed by atoms with Gasteiger partial charge in [0.2, 0.25) is 17.5 Å². The van der Waals surface area contributed by atoms with Crippen molar-refractivity contribution in [3.63, 3.8) is 0 Å². The third-order valence-corrected chi connectivity index (χ3v) is 18.7. The lowest BCUT2D eigenvalue weighted by atomic mass is 9.78. The maximum atomic E-state index is 15.8. The number of hydroxylamine groups is 6. The molecule has 0 aromatic carbocycles. The van der Waals surface area contributed by atoms with Crippen molar-refractivity contribution in [1.82, 2.24) is 44.8 Å². The maximum absolute atomic E-state index is 15.8. The quantitative estimate of drug-likeness (QED) is 0.116. The number of amides is 3. The standard InChI is InChI=1S/C63H111N9O6/c1-16-19-37-67(46-40-58(4,5)70(59(6,7)41-46)76-49-31-25-22-26-32-49)55(73)52-64-53(56(74)68(38-20-17-2)47-42-60(8,9)71(61(10,11)43-47)77-50-33-27-23-28-34-50)66-54(65-52)57(75)69(39-21-18-3)48-44-62(12,13)72(63(14,15)45-48)78-51-35-29-24-30-36-51/h46-51H,16-45H2,1-15H3. The van der Waals surface area contributed by atoms with Crippen molar-refractivity contribution in [3.8, 4) is 0 Å². The van der Waals surface area contributed by atoms with E-state index in [1.54, 1.807) is 0 Å². The Balaban J connectivity index is 1.28. The van der Waals surface area contributed by atoms with Gasteiger partial charge in [-0.2, -0.15) is 30.1 Å². The first-order valence-electron chi connectivity index (χ1n) is 31.8. The molecular formula is C63H111N9O6. The summed E-state index contributed by atoms with van der Waals surface area (Å²) in [6.45, 7) is 34.8. The zero-order valence-electron chi connectivity index (χ0n) is 52.2. The van der Waals surface area contributed by atoms with Crippen LogP contribution in [0.15, 0.2) is 0 Å². The van der Waals surface area contributed by atoms with E-state index in [4.69, 9.17) is 29.5 Å². The molecule has 3 saturated carbocycles. The van der Waals surface area contributed by atoms with Crippen LogP contribution in [0.1, 0.15) is 309 Å². The fourth-order valence-electron chi connectivity index (χ4n) is 15.5. The molecule has 0 radical (unpaired) electrons. The Labute approximate surface area is 473 Å². The predicted octanol–water partition coefficient (Wildman–Crippen LogP) is 13.5. The Hall–Kier alpha value is -2.82. The number of hydrogen-bond donors (Lipinski definition) is 0. The first-order valence-corrected chi connectivity index (χ1v) is 31.8. The summed E-state index contributed by atoms with van der Waals surface area (Å²) in [6.07, 6.45) is 26.9. The molecule has 6 fully saturated rings. The fourth-order valence-corrected chi connectivity index (χ4v) is 15.5. The Morgan fingerprint density at radius 3 is 0.782 bits per heavy atom. The van der Waals surface area contributed by atoms with Crippen LogP contribution < -0.4 is 0 Å². The molecule has 3 aliphatic heterocycles. The number of hydrogen-bond acceptors (Lipinski definition) is 12. The highest BCUT2D eigenvalue weighted by molar-refractivity contribution is 5.97. The third kappa shape index (κ3) is 15.0. The Morgan fingerprint density at radius 1 is 0.385 bits per heavy atom. The summed E-state index contributed by atoms with van der Waals surface area (Å²) in [5, 5.41) is 6.72. The molecule has 444 valence electrons.